The molecule has 2 rings (SSSR count). The van der Waals surface area contributed by atoms with Crippen molar-refractivity contribution < 1.29 is 0 Å². The van der Waals surface area contributed by atoms with E-state index in [9.17, 15) is 9.59 Å². The highest BCUT2D eigenvalue weighted by Crippen LogP contribution is 2.17. The van der Waals surface area contributed by atoms with Gasteiger partial charge < -0.3 is 10.3 Å². The zero-order chi connectivity index (χ0) is 15.2. The van der Waals surface area contributed by atoms with Gasteiger partial charge in [0.1, 0.15) is 11.5 Å². The summed E-state index contributed by atoms with van der Waals surface area (Å²) in [6, 6.07) is -0.305. The Labute approximate surface area is 116 Å². The molecule has 2 heterocycles. The van der Waals surface area contributed by atoms with E-state index < -0.39 is 0 Å². The van der Waals surface area contributed by atoms with E-state index in [4.69, 9.17) is 5.73 Å². The number of aromatic nitrogens is 4. The Morgan fingerprint density at radius 3 is 2.25 bits per heavy atom. The second-order valence-corrected chi connectivity index (χ2v) is 5.64. The van der Waals surface area contributed by atoms with Crippen molar-refractivity contribution in [2.45, 2.75) is 33.4 Å². The van der Waals surface area contributed by atoms with Gasteiger partial charge >= 0.3 is 5.69 Å². The van der Waals surface area contributed by atoms with E-state index >= 15 is 0 Å². The van der Waals surface area contributed by atoms with Gasteiger partial charge in [-0.2, -0.15) is 0 Å². The normalized spacial score (nSPS) is 13.3. The van der Waals surface area contributed by atoms with Crippen molar-refractivity contribution in [2.24, 2.45) is 25.7 Å². The van der Waals surface area contributed by atoms with Crippen LogP contribution in [-0.2, 0) is 20.6 Å². The van der Waals surface area contributed by atoms with Crippen LogP contribution in [0.2, 0.25) is 0 Å². The van der Waals surface area contributed by atoms with Crippen molar-refractivity contribution in [2.75, 3.05) is 0 Å². The first-order valence-electron chi connectivity index (χ1n) is 6.67. The van der Waals surface area contributed by atoms with Crippen molar-refractivity contribution in [1.82, 2.24) is 18.7 Å². The molecule has 0 aliphatic rings. The predicted molar refractivity (Wildman–Crippen MR) is 77.7 cm³/mol. The van der Waals surface area contributed by atoms with Crippen molar-refractivity contribution in [3.05, 3.63) is 26.7 Å². The highest BCUT2D eigenvalue weighted by Gasteiger charge is 2.20. The molecule has 110 valence electrons. The summed E-state index contributed by atoms with van der Waals surface area (Å²) < 4.78 is 4.41. The summed E-state index contributed by atoms with van der Waals surface area (Å²) in [5, 5.41) is 0. The van der Waals surface area contributed by atoms with Crippen LogP contribution in [0, 0.1) is 5.92 Å². The molecule has 0 saturated heterocycles. The Balaban J connectivity index is 2.97. The minimum atomic E-state index is -0.382. The van der Waals surface area contributed by atoms with E-state index in [1.807, 2.05) is 11.5 Å². The third-order valence-corrected chi connectivity index (χ3v) is 3.32. The molecule has 0 saturated carbocycles. The van der Waals surface area contributed by atoms with Crippen LogP contribution in [0.5, 0.6) is 0 Å². The van der Waals surface area contributed by atoms with E-state index in [1.54, 1.807) is 7.05 Å². The topological polar surface area (TPSA) is 87.8 Å². The van der Waals surface area contributed by atoms with Gasteiger partial charge in [0, 0.05) is 20.6 Å². The largest absolute Gasteiger partial charge is 0.332 e. The highest BCUT2D eigenvalue weighted by atomic mass is 16.2. The molecule has 1 atom stereocenters. The monoisotopic (exact) mass is 279 g/mol. The number of aryl methyl sites for hydroxylation is 1. The van der Waals surface area contributed by atoms with Crippen LogP contribution in [0.15, 0.2) is 9.59 Å². The van der Waals surface area contributed by atoms with Crippen LogP contribution in [0.3, 0.4) is 0 Å². The molecule has 2 aromatic heterocycles. The Bertz CT molecular complexity index is 764. The minimum Gasteiger partial charge on any atom is -0.322 e. The molecule has 0 spiro atoms. The third-order valence-electron chi connectivity index (χ3n) is 3.32. The standard InChI is InChI=1S/C13H21N5O2/c1-7(2)6-18-10(8(3)14)15-9-11(18)16(4)13(20)17(5)12(9)19/h7-8H,6,14H2,1-5H3. The summed E-state index contributed by atoms with van der Waals surface area (Å²) in [7, 11) is 3.10. The first kappa shape index (κ1) is 14.5. The number of hydrogen-bond donors (Lipinski definition) is 1. The second kappa shape index (κ2) is 4.90. The van der Waals surface area contributed by atoms with E-state index in [0.29, 0.717) is 29.5 Å². The molecule has 20 heavy (non-hydrogen) atoms. The minimum absolute atomic E-state index is 0.294. The highest BCUT2D eigenvalue weighted by molar-refractivity contribution is 5.71. The quantitative estimate of drug-likeness (QED) is 0.863. The fourth-order valence-corrected chi connectivity index (χ4v) is 2.40. The number of fused-ring (bicyclic) bond motifs is 1. The number of imidazole rings is 1. The fraction of sp³-hybridized carbons (Fsp3) is 0.615. The van der Waals surface area contributed by atoms with E-state index in [0.717, 1.165) is 4.57 Å². The fourth-order valence-electron chi connectivity index (χ4n) is 2.40. The number of rotatable bonds is 3. The molecule has 0 amide bonds. The van der Waals surface area contributed by atoms with Crippen LogP contribution in [-0.4, -0.2) is 18.7 Å². The molecule has 7 nitrogen and oxygen atoms in total. The average Bonchev–Trinajstić information content (AvgIpc) is 2.72. The lowest BCUT2D eigenvalue weighted by molar-refractivity contribution is 0.497. The average molecular weight is 279 g/mol. The van der Waals surface area contributed by atoms with Crippen LogP contribution < -0.4 is 17.0 Å². The van der Waals surface area contributed by atoms with Gasteiger partial charge in [-0.15, -0.1) is 0 Å². The molecule has 0 aromatic carbocycles. The summed E-state index contributed by atoms with van der Waals surface area (Å²) >= 11 is 0. The maximum absolute atomic E-state index is 12.2. The molecular formula is C13H21N5O2. The number of hydrogen-bond acceptors (Lipinski definition) is 4. The lowest BCUT2D eigenvalue weighted by Gasteiger charge is -2.14. The zero-order valence-electron chi connectivity index (χ0n) is 12.5. The van der Waals surface area contributed by atoms with Gasteiger partial charge in [-0.3, -0.25) is 13.9 Å². The summed E-state index contributed by atoms with van der Waals surface area (Å²) in [5.74, 6) is 0.982. The summed E-state index contributed by atoms with van der Waals surface area (Å²) in [5.41, 5.74) is 6.05. The Hall–Kier alpha value is -1.89. The van der Waals surface area contributed by atoms with Crippen molar-refractivity contribution in [3.63, 3.8) is 0 Å². The van der Waals surface area contributed by atoms with Crippen LogP contribution >= 0.6 is 0 Å². The van der Waals surface area contributed by atoms with Crippen LogP contribution in [0.25, 0.3) is 11.2 Å². The molecule has 2 N–H and O–H groups in total. The van der Waals surface area contributed by atoms with Gasteiger partial charge in [-0.05, 0) is 12.8 Å². The Kier molecular flexibility index (Phi) is 3.56. The Morgan fingerprint density at radius 2 is 1.75 bits per heavy atom. The lowest BCUT2D eigenvalue weighted by Crippen LogP contribution is -2.37. The van der Waals surface area contributed by atoms with E-state index in [2.05, 4.69) is 18.8 Å². The van der Waals surface area contributed by atoms with Crippen molar-refractivity contribution in [1.29, 1.82) is 0 Å². The van der Waals surface area contributed by atoms with E-state index in [1.165, 1.54) is 11.6 Å². The van der Waals surface area contributed by atoms with E-state index in [-0.39, 0.29) is 17.3 Å². The van der Waals surface area contributed by atoms with Crippen LogP contribution in [0.4, 0.5) is 0 Å². The van der Waals surface area contributed by atoms with Gasteiger partial charge in [-0.25, -0.2) is 9.78 Å². The molecule has 0 aliphatic carbocycles. The molecule has 1 unspecified atom stereocenters. The molecule has 0 fully saturated rings. The van der Waals surface area contributed by atoms with Gasteiger partial charge in [-0.1, -0.05) is 13.8 Å². The molecule has 0 aliphatic heterocycles. The number of nitrogens with zero attached hydrogens (tertiary/aromatic N) is 4. The third kappa shape index (κ3) is 2.07. The summed E-state index contributed by atoms with van der Waals surface area (Å²) in [4.78, 5) is 28.7. The Morgan fingerprint density at radius 1 is 1.15 bits per heavy atom. The van der Waals surface area contributed by atoms with Gasteiger partial charge in [0.15, 0.2) is 5.52 Å². The predicted octanol–water partition coefficient (Wildman–Crippen LogP) is 0.109. The van der Waals surface area contributed by atoms with Crippen molar-refractivity contribution in [3.8, 4) is 0 Å². The van der Waals surface area contributed by atoms with Gasteiger partial charge in [0.05, 0.1) is 6.04 Å². The molecule has 0 bridgehead atoms. The number of nitrogens with two attached hydrogens (primary N) is 1. The summed E-state index contributed by atoms with van der Waals surface area (Å²) in [6.45, 7) is 6.61. The maximum atomic E-state index is 12.2. The van der Waals surface area contributed by atoms with Gasteiger partial charge in [0.25, 0.3) is 5.56 Å². The molecular weight excluding hydrogens is 258 g/mol. The zero-order valence-corrected chi connectivity index (χ0v) is 12.5. The maximum Gasteiger partial charge on any atom is 0.332 e. The first-order chi connectivity index (χ1) is 9.25. The van der Waals surface area contributed by atoms with Crippen molar-refractivity contribution >= 4 is 11.2 Å². The molecule has 7 heteroatoms. The second-order valence-electron chi connectivity index (χ2n) is 5.64. The van der Waals surface area contributed by atoms with Crippen LogP contribution in [0.1, 0.15) is 32.6 Å². The first-order valence-corrected chi connectivity index (χ1v) is 6.67. The van der Waals surface area contributed by atoms with Gasteiger partial charge in [0.2, 0.25) is 0 Å². The summed E-state index contributed by atoms with van der Waals surface area (Å²) in [6.07, 6.45) is 0. The molecule has 0 radical (unpaired) electrons. The molecule has 2 aromatic rings. The lowest BCUT2D eigenvalue weighted by atomic mass is 10.2. The SMILES string of the molecule is CC(C)Cn1c(C(C)N)nc2c(=O)n(C)c(=O)n(C)c21. The smallest absolute Gasteiger partial charge is 0.322 e.